The second-order valence-corrected chi connectivity index (χ2v) is 5.74. The molecule has 0 saturated heterocycles. The average Bonchev–Trinajstić information content (AvgIpc) is 3.29. The van der Waals surface area contributed by atoms with E-state index >= 15 is 0 Å². The SMILES string of the molecule is O=C(NCc1nc(-c2cnccn2)n[nH]1)c1cccc2ncsc12. The Labute approximate surface area is 140 Å². The molecule has 0 radical (unpaired) electrons. The van der Waals surface area contributed by atoms with Crippen molar-refractivity contribution in [3.63, 3.8) is 0 Å². The van der Waals surface area contributed by atoms with Gasteiger partial charge in [-0.1, -0.05) is 6.07 Å². The normalized spacial score (nSPS) is 10.8. The Hall–Kier alpha value is -3.20. The largest absolute Gasteiger partial charge is 0.345 e. The first kappa shape index (κ1) is 14.4. The summed E-state index contributed by atoms with van der Waals surface area (Å²) in [7, 11) is 0. The van der Waals surface area contributed by atoms with Crippen LogP contribution in [0.4, 0.5) is 0 Å². The maximum atomic E-state index is 12.4. The lowest BCUT2D eigenvalue weighted by Gasteiger charge is -2.03. The summed E-state index contributed by atoms with van der Waals surface area (Å²) < 4.78 is 0.868. The number of aromatic nitrogens is 6. The van der Waals surface area contributed by atoms with E-state index in [1.807, 2.05) is 12.1 Å². The number of carbonyl (C=O) groups excluding carboxylic acids is 1. The van der Waals surface area contributed by atoms with Crippen LogP contribution in [0.15, 0.2) is 42.3 Å². The lowest BCUT2D eigenvalue weighted by atomic mass is 10.2. The van der Waals surface area contributed by atoms with Crippen molar-refractivity contribution < 1.29 is 4.79 Å². The van der Waals surface area contributed by atoms with Gasteiger partial charge in [0.2, 0.25) is 5.82 Å². The van der Waals surface area contributed by atoms with Crippen molar-refractivity contribution in [1.82, 2.24) is 35.5 Å². The predicted octanol–water partition coefficient (Wildman–Crippen LogP) is 1.80. The van der Waals surface area contributed by atoms with Crippen molar-refractivity contribution in [2.24, 2.45) is 0 Å². The molecule has 0 aliphatic rings. The van der Waals surface area contributed by atoms with Gasteiger partial charge in [-0.3, -0.25) is 14.9 Å². The van der Waals surface area contributed by atoms with Gasteiger partial charge in [0.25, 0.3) is 5.91 Å². The summed E-state index contributed by atoms with van der Waals surface area (Å²) in [6.45, 7) is 0.237. The summed E-state index contributed by atoms with van der Waals surface area (Å²) >= 11 is 1.44. The van der Waals surface area contributed by atoms with Crippen molar-refractivity contribution in [2.45, 2.75) is 6.54 Å². The molecular formula is C15H11N7OS. The molecule has 24 heavy (non-hydrogen) atoms. The fraction of sp³-hybridized carbons (Fsp3) is 0.0667. The number of nitrogens with zero attached hydrogens (tertiary/aromatic N) is 5. The van der Waals surface area contributed by atoms with Gasteiger partial charge in [0.1, 0.15) is 11.5 Å². The lowest BCUT2D eigenvalue weighted by molar-refractivity contribution is 0.0951. The number of H-pyrrole nitrogens is 1. The molecule has 1 aromatic carbocycles. The van der Waals surface area contributed by atoms with Gasteiger partial charge in [0.05, 0.1) is 34.0 Å². The minimum absolute atomic E-state index is 0.178. The molecule has 2 N–H and O–H groups in total. The second-order valence-electron chi connectivity index (χ2n) is 4.89. The van der Waals surface area contributed by atoms with Gasteiger partial charge in [-0.2, -0.15) is 5.10 Å². The predicted molar refractivity (Wildman–Crippen MR) is 88.2 cm³/mol. The Morgan fingerprint density at radius 2 is 2.21 bits per heavy atom. The summed E-state index contributed by atoms with van der Waals surface area (Å²) in [6, 6.07) is 5.48. The van der Waals surface area contributed by atoms with Crippen LogP contribution in [-0.2, 0) is 6.54 Å². The molecule has 0 atom stereocenters. The third-order valence-corrected chi connectivity index (χ3v) is 4.22. The van der Waals surface area contributed by atoms with Crippen LogP contribution in [0.5, 0.6) is 0 Å². The van der Waals surface area contributed by atoms with Gasteiger partial charge in [0.15, 0.2) is 0 Å². The van der Waals surface area contributed by atoms with Crippen molar-refractivity contribution in [3.05, 3.63) is 53.7 Å². The summed E-state index contributed by atoms with van der Waals surface area (Å²) in [4.78, 5) is 29.0. The Kier molecular flexibility index (Phi) is 3.67. The van der Waals surface area contributed by atoms with E-state index in [2.05, 4.69) is 35.5 Å². The van der Waals surface area contributed by atoms with E-state index in [4.69, 9.17) is 0 Å². The van der Waals surface area contributed by atoms with Crippen molar-refractivity contribution in [1.29, 1.82) is 0 Å². The summed E-state index contributed by atoms with van der Waals surface area (Å²) in [5, 5.41) is 9.70. The van der Waals surface area contributed by atoms with E-state index in [0.717, 1.165) is 10.2 Å². The van der Waals surface area contributed by atoms with E-state index in [-0.39, 0.29) is 12.5 Å². The molecule has 0 saturated carbocycles. The zero-order chi connectivity index (χ0) is 16.4. The first-order chi connectivity index (χ1) is 11.8. The lowest BCUT2D eigenvalue weighted by Crippen LogP contribution is -2.23. The highest BCUT2D eigenvalue weighted by atomic mass is 32.1. The number of amides is 1. The number of hydrogen-bond donors (Lipinski definition) is 2. The summed E-state index contributed by atoms with van der Waals surface area (Å²) in [5.74, 6) is 0.805. The molecule has 4 aromatic rings. The van der Waals surface area contributed by atoms with Gasteiger partial charge in [-0.05, 0) is 12.1 Å². The molecule has 3 heterocycles. The van der Waals surface area contributed by atoms with Crippen LogP contribution in [0, 0.1) is 0 Å². The molecule has 1 amide bonds. The number of carbonyl (C=O) groups is 1. The zero-order valence-electron chi connectivity index (χ0n) is 12.3. The van der Waals surface area contributed by atoms with E-state index in [0.29, 0.717) is 22.9 Å². The number of rotatable bonds is 4. The molecule has 9 heteroatoms. The Bertz CT molecular complexity index is 995. The highest BCUT2D eigenvalue weighted by Gasteiger charge is 2.13. The number of aromatic amines is 1. The van der Waals surface area contributed by atoms with Crippen molar-refractivity contribution in [3.8, 4) is 11.5 Å². The van der Waals surface area contributed by atoms with Crippen LogP contribution in [0.2, 0.25) is 0 Å². The van der Waals surface area contributed by atoms with Gasteiger partial charge >= 0.3 is 0 Å². The summed E-state index contributed by atoms with van der Waals surface area (Å²) in [6.07, 6.45) is 4.73. The Balaban J connectivity index is 1.48. The zero-order valence-corrected chi connectivity index (χ0v) is 13.1. The molecule has 0 bridgehead atoms. The van der Waals surface area contributed by atoms with Crippen molar-refractivity contribution >= 4 is 27.5 Å². The van der Waals surface area contributed by atoms with Crippen LogP contribution in [0.1, 0.15) is 16.2 Å². The minimum Gasteiger partial charge on any atom is -0.345 e. The molecule has 0 aliphatic heterocycles. The summed E-state index contributed by atoms with van der Waals surface area (Å²) in [5.41, 5.74) is 3.71. The van der Waals surface area contributed by atoms with E-state index in [9.17, 15) is 4.79 Å². The molecule has 0 fully saturated rings. The first-order valence-electron chi connectivity index (χ1n) is 7.09. The third kappa shape index (κ3) is 2.72. The third-order valence-electron chi connectivity index (χ3n) is 3.34. The minimum atomic E-state index is -0.178. The van der Waals surface area contributed by atoms with Gasteiger partial charge in [-0.25, -0.2) is 15.0 Å². The van der Waals surface area contributed by atoms with Crippen LogP contribution in [0.3, 0.4) is 0 Å². The molecule has 0 spiro atoms. The molecular weight excluding hydrogens is 326 g/mol. The van der Waals surface area contributed by atoms with E-state index in [1.165, 1.54) is 11.3 Å². The molecule has 8 nitrogen and oxygen atoms in total. The Morgan fingerprint density at radius 3 is 3.08 bits per heavy atom. The smallest absolute Gasteiger partial charge is 0.253 e. The fourth-order valence-corrected chi connectivity index (χ4v) is 3.03. The molecule has 118 valence electrons. The van der Waals surface area contributed by atoms with Gasteiger partial charge in [-0.15, -0.1) is 11.3 Å². The number of nitrogens with one attached hydrogen (secondary N) is 2. The number of fused-ring (bicyclic) bond motifs is 1. The molecule has 4 rings (SSSR count). The average molecular weight is 337 g/mol. The van der Waals surface area contributed by atoms with Crippen LogP contribution in [-0.4, -0.2) is 36.0 Å². The standard InChI is InChI=1S/C15H11N7OS/c23-15(9-2-1-3-10-13(9)24-8-19-10)18-7-12-20-14(22-21-12)11-6-16-4-5-17-11/h1-6,8H,7H2,(H,18,23)(H,20,21,22). The van der Waals surface area contributed by atoms with Gasteiger partial charge in [0, 0.05) is 12.4 Å². The quantitative estimate of drug-likeness (QED) is 0.588. The van der Waals surface area contributed by atoms with Crippen LogP contribution < -0.4 is 5.32 Å². The van der Waals surface area contributed by atoms with Crippen molar-refractivity contribution in [2.75, 3.05) is 0 Å². The molecule has 0 unspecified atom stereocenters. The topological polar surface area (TPSA) is 109 Å². The van der Waals surface area contributed by atoms with Crippen LogP contribution >= 0.6 is 11.3 Å². The maximum Gasteiger partial charge on any atom is 0.253 e. The van der Waals surface area contributed by atoms with E-state index < -0.39 is 0 Å². The highest BCUT2D eigenvalue weighted by molar-refractivity contribution is 7.17. The number of thiazole rings is 1. The molecule has 3 aromatic heterocycles. The molecule has 0 aliphatic carbocycles. The highest BCUT2D eigenvalue weighted by Crippen LogP contribution is 2.22. The van der Waals surface area contributed by atoms with Gasteiger partial charge < -0.3 is 5.32 Å². The van der Waals surface area contributed by atoms with E-state index in [1.54, 1.807) is 30.2 Å². The monoisotopic (exact) mass is 337 g/mol. The maximum absolute atomic E-state index is 12.4. The first-order valence-corrected chi connectivity index (χ1v) is 7.97. The second kappa shape index (κ2) is 6.13. The fourth-order valence-electron chi connectivity index (χ4n) is 2.23. The number of hydrogen-bond acceptors (Lipinski definition) is 7. The van der Waals surface area contributed by atoms with Crippen LogP contribution in [0.25, 0.3) is 21.7 Å². The number of benzene rings is 1. The Morgan fingerprint density at radius 1 is 1.25 bits per heavy atom.